The fraction of sp³-hybridized carbons (Fsp3) is 0.364. The molecule has 0 amide bonds. The standard InChI is InChI=1S/C11H12O2/c1-2-4-8-5-3-6-9-7-10(12)13-11(8)9/h2,4,7H,3,5-6H2,1H3/b4-2-. The molecule has 0 fully saturated rings. The molecule has 2 nitrogen and oxygen atoms in total. The molecular formula is C11H12O2. The van der Waals surface area contributed by atoms with Crippen LogP contribution >= 0.6 is 0 Å². The smallest absolute Gasteiger partial charge is 0.336 e. The molecule has 0 unspecified atom stereocenters. The monoisotopic (exact) mass is 176 g/mol. The van der Waals surface area contributed by atoms with Gasteiger partial charge in [-0.05, 0) is 31.8 Å². The fourth-order valence-corrected chi connectivity index (χ4v) is 1.80. The second-order valence-corrected chi connectivity index (χ2v) is 3.30. The van der Waals surface area contributed by atoms with Crippen molar-refractivity contribution in [3.05, 3.63) is 35.1 Å². The highest BCUT2D eigenvalue weighted by atomic mass is 16.5. The Kier molecular flexibility index (Phi) is 2.05. The zero-order valence-electron chi connectivity index (χ0n) is 7.67. The quantitative estimate of drug-likeness (QED) is 0.574. The van der Waals surface area contributed by atoms with E-state index in [9.17, 15) is 4.79 Å². The van der Waals surface area contributed by atoms with Crippen LogP contribution in [0.3, 0.4) is 0 Å². The van der Waals surface area contributed by atoms with Crippen LogP contribution in [0.15, 0.2) is 35.1 Å². The number of allylic oxidation sites excluding steroid dienone is 4. The Morgan fingerprint density at radius 1 is 1.46 bits per heavy atom. The molecule has 13 heavy (non-hydrogen) atoms. The molecule has 1 aliphatic heterocycles. The lowest BCUT2D eigenvalue weighted by Gasteiger charge is -2.14. The molecule has 0 spiro atoms. The fourth-order valence-electron chi connectivity index (χ4n) is 1.80. The van der Waals surface area contributed by atoms with Gasteiger partial charge in [0.1, 0.15) is 5.76 Å². The number of esters is 1. The Bertz CT molecular complexity index is 332. The lowest BCUT2D eigenvalue weighted by atomic mass is 9.94. The summed E-state index contributed by atoms with van der Waals surface area (Å²) in [4.78, 5) is 11.0. The van der Waals surface area contributed by atoms with Gasteiger partial charge >= 0.3 is 5.97 Å². The summed E-state index contributed by atoms with van der Waals surface area (Å²) in [5.41, 5.74) is 2.23. The van der Waals surface area contributed by atoms with Crippen LogP contribution in [0.1, 0.15) is 26.2 Å². The molecule has 0 bridgehead atoms. The lowest BCUT2D eigenvalue weighted by Crippen LogP contribution is -2.01. The van der Waals surface area contributed by atoms with Crippen molar-refractivity contribution in [3.63, 3.8) is 0 Å². The second kappa shape index (κ2) is 3.21. The van der Waals surface area contributed by atoms with Crippen LogP contribution in [0.2, 0.25) is 0 Å². The van der Waals surface area contributed by atoms with Crippen LogP contribution in [0.4, 0.5) is 0 Å². The minimum atomic E-state index is -0.214. The van der Waals surface area contributed by atoms with Crippen LogP contribution in [0.5, 0.6) is 0 Å². The summed E-state index contributed by atoms with van der Waals surface area (Å²) < 4.78 is 5.13. The average molecular weight is 176 g/mol. The molecule has 2 rings (SSSR count). The molecule has 2 heteroatoms. The zero-order valence-corrected chi connectivity index (χ0v) is 7.67. The highest BCUT2D eigenvalue weighted by Crippen LogP contribution is 2.34. The normalized spacial score (nSPS) is 21.9. The maximum Gasteiger partial charge on any atom is 0.336 e. The summed E-state index contributed by atoms with van der Waals surface area (Å²) in [6, 6.07) is 0. The first kappa shape index (κ1) is 8.30. The van der Waals surface area contributed by atoms with Crippen molar-refractivity contribution in [2.75, 3.05) is 0 Å². The van der Waals surface area contributed by atoms with E-state index < -0.39 is 0 Å². The molecule has 0 aromatic carbocycles. The molecule has 0 aromatic rings. The molecule has 2 aliphatic rings. The van der Waals surface area contributed by atoms with E-state index in [0.717, 1.165) is 36.2 Å². The molecule has 0 saturated heterocycles. The number of fused-ring (bicyclic) bond motifs is 1. The molecule has 0 N–H and O–H groups in total. The number of hydrogen-bond donors (Lipinski definition) is 0. The second-order valence-electron chi connectivity index (χ2n) is 3.30. The van der Waals surface area contributed by atoms with Crippen molar-refractivity contribution < 1.29 is 9.53 Å². The minimum absolute atomic E-state index is 0.214. The van der Waals surface area contributed by atoms with E-state index in [-0.39, 0.29) is 5.97 Å². The van der Waals surface area contributed by atoms with Crippen molar-refractivity contribution in [1.82, 2.24) is 0 Å². The molecule has 0 saturated carbocycles. The van der Waals surface area contributed by atoms with Gasteiger partial charge in [0.15, 0.2) is 0 Å². The zero-order chi connectivity index (χ0) is 9.26. The first-order valence-corrected chi connectivity index (χ1v) is 4.60. The van der Waals surface area contributed by atoms with E-state index in [1.54, 1.807) is 6.08 Å². The third-order valence-corrected chi connectivity index (χ3v) is 2.34. The van der Waals surface area contributed by atoms with E-state index in [4.69, 9.17) is 4.74 Å². The van der Waals surface area contributed by atoms with Gasteiger partial charge in [-0.2, -0.15) is 0 Å². The van der Waals surface area contributed by atoms with Crippen molar-refractivity contribution in [1.29, 1.82) is 0 Å². The maximum atomic E-state index is 11.0. The third kappa shape index (κ3) is 1.44. The van der Waals surface area contributed by atoms with E-state index in [0.29, 0.717) is 0 Å². The minimum Gasteiger partial charge on any atom is -0.423 e. The van der Waals surface area contributed by atoms with Crippen molar-refractivity contribution in [2.45, 2.75) is 26.2 Å². The van der Waals surface area contributed by atoms with Gasteiger partial charge in [-0.25, -0.2) is 4.79 Å². The topological polar surface area (TPSA) is 26.3 Å². The molecule has 1 aliphatic carbocycles. The Morgan fingerprint density at radius 3 is 3.08 bits per heavy atom. The van der Waals surface area contributed by atoms with Crippen LogP contribution in [0, 0.1) is 0 Å². The predicted molar refractivity (Wildman–Crippen MR) is 49.9 cm³/mol. The number of rotatable bonds is 1. The van der Waals surface area contributed by atoms with E-state index >= 15 is 0 Å². The number of carbonyl (C=O) groups is 1. The van der Waals surface area contributed by atoms with Crippen LogP contribution in [-0.2, 0) is 9.53 Å². The summed E-state index contributed by atoms with van der Waals surface area (Å²) in [5.74, 6) is 0.600. The van der Waals surface area contributed by atoms with Crippen molar-refractivity contribution in [3.8, 4) is 0 Å². The van der Waals surface area contributed by atoms with Crippen LogP contribution < -0.4 is 0 Å². The highest BCUT2D eigenvalue weighted by molar-refractivity contribution is 5.88. The molecular weight excluding hydrogens is 164 g/mol. The Labute approximate surface area is 77.6 Å². The Balaban J connectivity index is 2.40. The maximum absolute atomic E-state index is 11.0. The lowest BCUT2D eigenvalue weighted by molar-refractivity contribution is -0.132. The largest absolute Gasteiger partial charge is 0.423 e. The van der Waals surface area contributed by atoms with Gasteiger partial charge < -0.3 is 4.74 Å². The predicted octanol–water partition coefficient (Wildman–Crippen LogP) is 2.48. The van der Waals surface area contributed by atoms with Crippen LogP contribution in [0.25, 0.3) is 0 Å². The molecule has 68 valence electrons. The summed E-state index contributed by atoms with van der Waals surface area (Å²) in [6.45, 7) is 1.97. The molecule has 0 radical (unpaired) electrons. The SMILES string of the molecule is C/C=C\C1=C2OC(=O)C=C2CCC1. The summed E-state index contributed by atoms with van der Waals surface area (Å²) in [5, 5.41) is 0. The summed E-state index contributed by atoms with van der Waals surface area (Å²) in [7, 11) is 0. The van der Waals surface area contributed by atoms with Crippen molar-refractivity contribution in [2.24, 2.45) is 0 Å². The summed E-state index contributed by atoms with van der Waals surface area (Å²) >= 11 is 0. The number of ether oxygens (including phenoxy) is 1. The van der Waals surface area contributed by atoms with Gasteiger partial charge in [-0.3, -0.25) is 0 Å². The van der Waals surface area contributed by atoms with Gasteiger partial charge in [0.25, 0.3) is 0 Å². The van der Waals surface area contributed by atoms with Crippen LogP contribution in [-0.4, -0.2) is 5.97 Å². The van der Waals surface area contributed by atoms with Gasteiger partial charge in [-0.15, -0.1) is 0 Å². The first-order valence-electron chi connectivity index (χ1n) is 4.60. The summed E-state index contributed by atoms with van der Waals surface area (Å²) in [6.07, 6.45) is 8.73. The first-order chi connectivity index (χ1) is 6.31. The van der Waals surface area contributed by atoms with E-state index in [2.05, 4.69) is 0 Å². The molecule has 0 atom stereocenters. The van der Waals surface area contributed by atoms with Gasteiger partial charge in [0, 0.05) is 11.6 Å². The van der Waals surface area contributed by atoms with Gasteiger partial charge in [-0.1, -0.05) is 12.2 Å². The molecule has 0 aromatic heterocycles. The third-order valence-electron chi connectivity index (χ3n) is 2.34. The van der Waals surface area contributed by atoms with Crippen molar-refractivity contribution >= 4 is 5.97 Å². The van der Waals surface area contributed by atoms with Gasteiger partial charge in [0.2, 0.25) is 0 Å². The molecule has 1 heterocycles. The highest BCUT2D eigenvalue weighted by Gasteiger charge is 2.25. The number of hydrogen-bond acceptors (Lipinski definition) is 2. The number of carbonyl (C=O) groups excluding carboxylic acids is 1. The van der Waals surface area contributed by atoms with E-state index in [1.807, 2.05) is 19.1 Å². The van der Waals surface area contributed by atoms with E-state index in [1.165, 1.54) is 0 Å². The average Bonchev–Trinajstić information content (AvgIpc) is 2.47. The van der Waals surface area contributed by atoms with Gasteiger partial charge in [0.05, 0.1) is 0 Å². The Morgan fingerprint density at radius 2 is 2.31 bits per heavy atom. The Hall–Kier alpha value is -1.31.